The van der Waals surface area contributed by atoms with E-state index in [-0.39, 0.29) is 23.9 Å². The van der Waals surface area contributed by atoms with Crippen molar-refractivity contribution in [2.24, 2.45) is 11.3 Å². The highest BCUT2D eigenvalue weighted by Crippen LogP contribution is 2.29. The molecule has 1 aromatic carbocycles. The minimum Gasteiger partial charge on any atom is -0.491 e. The van der Waals surface area contributed by atoms with Gasteiger partial charge in [-0.15, -0.1) is 0 Å². The maximum Gasteiger partial charge on any atom is 0.312 e. The molecular weight excluding hydrogens is 252 g/mol. The van der Waals surface area contributed by atoms with Crippen LogP contribution in [0.4, 0.5) is 0 Å². The minimum atomic E-state index is -0.334. The zero-order chi connectivity index (χ0) is 13.8. The Morgan fingerprint density at radius 2 is 1.94 bits per heavy atom. The lowest BCUT2D eigenvalue weighted by Gasteiger charge is -2.28. The summed E-state index contributed by atoms with van der Waals surface area (Å²) in [6.07, 6.45) is 0. The number of para-hydroxylation sites is 1. The van der Waals surface area contributed by atoms with Crippen LogP contribution in [-0.4, -0.2) is 19.7 Å². The van der Waals surface area contributed by atoms with Crippen LogP contribution in [0.5, 0.6) is 5.75 Å². The number of carbonyl (C=O) groups excluding carboxylic acids is 1. The summed E-state index contributed by atoms with van der Waals surface area (Å²) < 4.78 is 10.4. The molecule has 0 bridgehead atoms. The fourth-order valence-corrected chi connectivity index (χ4v) is 1.74. The van der Waals surface area contributed by atoms with Gasteiger partial charge in [0.2, 0.25) is 0 Å². The fourth-order valence-electron chi connectivity index (χ4n) is 1.55. The van der Waals surface area contributed by atoms with Gasteiger partial charge in [0, 0.05) is 0 Å². The van der Waals surface area contributed by atoms with E-state index in [0.717, 1.165) is 0 Å². The van der Waals surface area contributed by atoms with Gasteiger partial charge in [0.15, 0.2) is 0 Å². The molecule has 0 amide bonds. The number of carbonyl (C=O) groups is 1. The van der Waals surface area contributed by atoms with Crippen LogP contribution in [0.3, 0.4) is 0 Å². The number of halogens is 1. The van der Waals surface area contributed by atoms with E-state index in [9.17, 15) is 4.79 Å². The molecule has 1 atom stereocenters. The molecule has 1 unspecified atom stereocenters. The van der Waals surface area contributed by atoms with E-state index in [2.05, 4.69) is 0 Å². The van der Waals surface area contributed by atoms with Crippen molar-refractivity contribution in [3.8, 4) is 5.75 Å². The maximum atomic E-state index is 11.7. The van der Waals surface area contributed by atoms with Crippen LogP contribution in [0.15, 0.2) is 24.3 Å². The number of methoxy groups -OCH3 is 1. The monoisotopic (exact) mass is 270 g/mol. The van der Waals surface area contributed by atoms with Crippen LogP contribution in [0.1, 0.15) is 20.8 Å². The van der Waals surface area contributed by atoms with Gasteiger partial charge in [0.05, 0.1) is 18.1 Å². The van der Waals surface area contributed by atoms with E-state index in [1.807, 2.05) is 32.9 Å². The Morgan fingerprint density at radius 3 is 2.44 bits per heavy atom. The topological polar surface area (TPSA) is 35.5 Å². The highest BCUT2D eigenvalue weighted by Gasteiger charge is 2.33. The lowest BCUT2D eigenvalue weighted by Crippen LogP contribution is -2.34. The first kappa shape index (κ1) is 14.8. The van der Waals surface area contributed by atoms with Crippen LogP contribution in [0, 0.1) is 11.3 Å². The molecule has 0 saturated heterocycles. The summed E-state index contributed by atoms with van der Waals surface area (Å²) in [6.45, 7) is 6.18. The van der Waals surface area contributed by atoms with E-state index in [1.165, 1.54) is 7.11 Å². The number of benzene rings is 1. The highest BCUT2D eigenvalue weighted by atomic mass is 35.5. The van der Waals surface area contributed by atoms with Crippen molar-refractivity contribution in [3.63, 3.8) is 0 Å². The van der Waals surface area contributed by atoms with Crippen molar-refractivity contribution in [2.45, 2.75) is 20.8 Å². The first-order valence-electron chi connectivity index (χ1n) is 5.81. The van der Waals surface area contributed by atoms with Crippen molar-refractivity contribution < 1.29 is 14.3 Å². The molecule has 18 heavy (non-hydrogen) atoms. The molecule has 0 fully saturated rings. The first-order chi connectivity index (χ1) is 8.36. The summed E-state index contributed by atoms with van der Waals surface area (Å²) in [7, 11) is 1.39. The van der Waals surface area contributed by atoms with E-state index < -0.39 is 0 Å². The van der Waals surface area contributed by atoms with Gasteiger partial charge >= 0.3 is 5.97 Å². The largest absolute Gasteiger partial charge is 0.491 e. The summed E-state index contributed by atoms with van der Waals surface area (Å²) in [5.74, 6) is -0.0225. The summed E-state index contributed by atoms with van der Waals surface area (Å²) in [6, 6.07) is 7.20. The van der Waals surface area contributed by atoms with Crippen LogP contribution >= 0.6 is 11.6 Å². The van der Waals surface area contributed by atoms with Crippen LogP contribution < -0.4 is 4.74 Å². The third kappa shape index (κ3) is 3.91. The molecule has 0 radical (unpaired) electrons. The van der Waals surface area contributed by atoms with Gasteiger partial charge in [-0.25, -0.2) is 0 Å². The summed E-state index contributed by atoms with van der Waals surface area (Å²) >= 11 is 5.99. The van der Waals surface area contributed by atoms with Crippen LogP contribution in [0.25, 0.3) is 0 Å². The third-order valence-corrected chi connectivity index (χ3v) is 3.09. The molecule has 0 heterocycles. The summed E-state index contributed by atoms with van der Waals surface area (Å²) in [5.41, 5.74) is -0.228. The molecule has 0 N–H and O–H groups in total. The number of hydrogen-bond acceptors (Lipinski definition) is 3. The van der Waals surface area contributed by atoms with Gasteiger partial charge in [-0.3, -0.25) is 4.79 Å². The van der Waals surface area contributed by atoms with Crippen LogP contribution in [-0.2, 0) is 9.53 Å². The Bertz CT molecular complexity index is 410. The third-order valence-electron chi connectivity index (χ3n) is 2.77. The first-order valence-corrected chi connectivity index (χ1v) is 6.19. The molecule has 0 aliphatic heterocycles. The molecule has 3 nitrogen and oxygen atoms in total. The van der Waals surface area contributed by atoms with Crippen molar-refractivity contribution >= 4 is 17.6 Å². The number of rotatable bonds is 4. The van der Waals surface area contributed by atoms with E-state index in [1.54, 1.807) is 12.1 Å². The molecule has 4 heteroatoms. The molecule has 0 spiro atoms. The van der Waals surface area contributed by atoms with E-state index in [0.29, 0.717) is 10.8 Å². The molecule has 0 aliphatic rings. The van der Waals surface area contributed by atoms with E-state index in [4.69, 9.17) is 21.1 Å². The van der Waals surface area contributed by atoms with E-state index >= 15 is 0 Å². The second-order valence-corrected chi connectivity index (χ2v) is 5.59. The molecule has 1 aromatic rings. The average molecular weight is 271 g/mol. The highest BCUT2D eigenvalue weighted by molar-refractivity contribution is 6.32. The Hall–Kier alpha value is -1.22. The molecule has 100 valence electrons. The minimum absolute atomic E-state index is 0.228. The summed E-state index contributed by atoms with van der Waals surface area (Å²) in [5, 5.41) is 0.537. The second kappa shape index (κ2) is 6.10. The Balaban J connectivity index is 2.75. The Labute approximate surface area is 113 Å². The van der Waals surface area contributed by atoms with Crippen molar-refractivity contribution in [3.05, 3.63) is 29.3 Å². The lowest BCUT2D eigenvalue weighted by molar-refractivity contribution is -0.150. The summed E-state index contributed by atoms with van der Waals surface area (Å²) in [4.78, 5) is 11.7. The van der Waals surface area contributed by atoms with Crippen molar-refractivity contribution in [1.29, 1.82) is 0 Å². The Morgan fingerprint density at radius 1 is 1.33 bits per heavy atom. The standard InChI is InChI=1S/C14H19ClO3/c1-14(2,3)10(13(16)17-4)9-18-12-8-6-5-7-11(12)15/h5-8,10H,9H2,1-4H3. The molecule has 0 saturated carbocycles. The average Bonchev–Trinajstić information content (AvgIpc) is 2.29. The van der Waals surface area contributed by atoms with Gasteiger partial charge in [-0.05, 0) is 17.5 Å². The van der Waals surface area contributed by atoms with Gasteiger partial charge in [-0.1, -0.05) is 44.5 Å². The molecule has 0 aliphatic carbocycles. The van der Waals surface area contributed by atoms with Crippen molar-refractivity contribution in [1.82, 2.24) is 0 Å². The van der Waals surface area contributed by atoms with Gasteiger partial charge in [0.1, 0.15) is 12.4 Å². The predicted octanol–water partition coefficient (Wildman–Crippen LogP) is 3.55. The lowest BCUT2D eigenvalue weighted by atomic mass is 9.81. The SMILES string of the molecule is COC(=O)C(COc1ccccc1Cl)C(C)(C)C. The fraction of sp³-hybridized carbons (Fsp3) is 0.500. The second-order valence-electron chi connectivity index (χ2n) is 5.18. The van der Waals surface area contributed by atoms with Gasteiger partial charge in [-0.2, -0.15) is 0 Å². The van der Waals surface area contributed by atoms with Gasteiger partial charge in [0.25, 0.3) is 0 Å². The maximum absolute atomic E-state index is 11.7. The smallest absolute Gasteiger partial charge is 0.312 e. The molecule has 0 aromatic heterocycles. The number of hydrogen-bond donors (Lipinski definition) is 0. The molecular formula is C14H19ClO3. The zero-order valence-electron chi connectivity index (χ0n) is 11.2. The van der Waals surface area contributed by atoms with Gasteiger partial charge < -0.3 is 9.47 Å². The number of esters is 1. The van der Waals surface area contributed by atoms with Crippen LogP contribution in [0.2, 0.25) is 5.02 Å². The Kier molecular flexibility index (Phi) is 5.03. The molecule has 1 rings (SSSR count). The number of ether oxygens (including phenoxy) is 2. The normalized spacial score (nSPS) is 12.9. The predicted molar refractivity (Wildman–Crippen MR) is 71.9 cm³/mol. The zero-order valence-corrected chi connectivity index (χ0v) is 12.0. The quantitative estimate of drug-likeness (QED) is 0.785. The van der Waals surface area contributed by atoms with Crippen molar-refractivity contribution in [2.75, 3.05) is 13.7 Å².